The zero-order valence-electron chi connectivity index (χ0n) is 14.0. The molecule has 0 aliphatic carbocycles. The zero-order valence-corrected chi connectivity index (χ0v) is 16.4. The SMILES string of the molecule is CC(C)c1ccc(NC(=S)NCCSCc2cccc(Cl)c2)cc1. The van der Waals surface area contributed by atoms with Crippen molar-refractivity contribution in [2.24, 2.45) is 0 Å². The van der Waals surface area contributed by atoms with E-state index in [0.29, 0.717) is 11.0 Å². The highest BCUT2D eigenvalue weighted by atomic mass is 35.5. The smallest absolute Gasteiger partial charge is 0.170 e. The van der Waals surface area contributed by atoms with E-state index in [9.17, 15) is 0 Å². The minimum Gasteiger partial charge on any atom is -0.362 e. The van der Waals surface area contributed by atoms with Gasteiger partial charge in [0.05, 0.1) is 0 Å². The number of hydrogen-bond donors (Lipinski definition) is 2. The lowest BCUT2D eigenvalue weighted by Gasteiger charge is -2.12. The van der Waals surface area contributed by atoms with Gasteiger partial charge in [0.15, 0.2) is 5.11 Å². The van der Waals surface area contributed by atoms with Crippen molar-refractivity contribution < 1.29 is 0 Å². The molecule has 2 aromatic carbocycles. The molecule has 0 radical (unpaired) electrons. The Labute approximate surface area is 159 Å². The van der Waals surface area contributed by atoms with Crippen LogP contribution in [0.3, 0.4) is 0 Å². The van der Waals surface area contributed by atoms with Crippen LogP contribution in [0.25, 0.3) is 0 Å². The van der Waals surface area contributed by atoms with Crippen LogP contribution >= 0.6 is 35.6 Å². The molecule has 2 rings (SSSR count). The van der Waals surface area contributed by atoms with Crippen LogP contribution in [-0.2, 0) is 5.75 Å². The van der Waals surface area contributed by atoms with Crippen molar-refractivity contribution in [3.05, 3.63) is 64.7 Å². The Morgan fingerprint density at radius 2 is 1.92 bits per heavy atom. The van der Waals surface area contributed by atoms with Crippen LogP contribution in [0.15, 0.2) is 48.5 Å². The summed E-state index contributed by atoms with van der Waals surface area (Å²) in [4.78, 5) is 0. The minimum atomic E-state index is 0.542. The Kier molecular flexibility index (Phi) is 7.89. The van der Waals surface area contributed by atoms with E-state index in [1.165, 1.54) is 11.1 Å². The molecule has 0 saturated carbocycles. The standard InChI is InChI=1S/C19H23ClN2S2/c1-14(2)16-6-8-18(9-7-16)22-19(23)21-10-11-24-13-15-4-3-5-17(20)12-15/h3-9,12,14H,10-11,13H2,1-2H3,(H2,21,22,23). The largest absolute Gasteiger partial charge is 0.362 e. The van der Waals surface area contributed by atoms with Gasteiger partial charge in [-0.3, -0.25) is 0 Å². The van der Waals surface area contributed by atoms with E-state index in [1.54, 1.807) is 0 Å². The average Bonchev–Trinajstić information content (AvgIpc) is 2.55. The summed E-state index contributed by atoms with van der Waals surface area (Å²) in [5.74, 6) is 2.49. The normalized spacial score (nSPS) is 10.7. The molecular weight excluding hydrogens is 356 g/mol. The molecular formula is C19H23ClN2S2. The molecule has 2 N–H and O–H groups in total. The molecule has 5 heteroatoms. The van der Waals surface area contributed by atoms with Gasteiger partial charge in [0.2, 0.25) is 0 Å². The third kappa shape index (κ3) is 6.71. The second-order valence-electron chi connectivity index (χ2n) is 5.84. The maximum absolute atomic E-state index is 5.98. The molecule has 0 saturated heterocycles. The van der Waals surface area contributed by atoms with Gasteiger partial charge in [-0.2, -0.15) is 11.8 Å². The number of anilines is 1. The first-order valence-electron chi connectivity index (χ1n) is 8.01. The first-order valence-corrected chi connectivity index (χ1v) is 9.95. The summed E-state index contributed by atoms with van der Waals surface area (Å²) < 4.78 is 0. The minimum absolute atomic E-state index is 0.542. The fourth-order valence-corrected chi connectivity index (χ4v) is 3.42. The summed E-state index contributed by atoms with van der Waals surface area (Å²) in [6.07, 6.45) is 0. The molecule has 0 aliphatic heterocycles. The van der Waals surface area contributed by atoms with Gasteiger partial charge >= 0.3 is 0 Å². The van der Waals surface area contributed by atoms with Crippen molar-refractivity contribution in [2.45, 2.75) is 25.5 Å². The first-order chi connectivity index (χ1) is 11.5. The molecule has 24 heavy (non-hydrogen) atoms. The van der Waals surface area contributed by atoms with E-state index < -0.39 is 0 Å². The second kappa shape index (κ2) is 9.92. The number of thioether (sulfide) groups is 1. The van der Waals surface area contributed by atoms with Gasteiger partial charge in [0.25, 0.3) is 0 Å². The van der Waals surface area contributed by atoms with Gasteiger partial charge in [-0.25, -0.2) is 0 Å². The third-order valence-corrected chi connectivity index (χ3v) is 5.04. The molecule has 0 bridgehead atoms. The lowest BCUT2D eigenvalue weighted by atomic mass is 10.0. The van der Waals surface area contributed by atoms with Gasteiger partial charge in [0, 0.05) is 28.8 Å². The summed E-state index contributed by atoms with van der Waals surface area (Å²) in [5, 5.41) is 7.91. The van der Waals surface area contributed by atoms with Crippen LogP contribution in [-0.4, -0.2) is 17.4 Å². The van der Waals surface area contributed by atoms with E-state index in [4.69, 9.17) is 23.8 Å². The molecule has 2 aromatic rings. The Bertz CT molecular complexity index is 657. The van der Waals surface area contributed by atoms with E-state index in [-0.39, 0.29) is 0 Å². The molecule has 0 heterocycles. The van der Waals surface area contributed by atoms with Crippen molar-refractivity contribution in [3.8, 4) is 0 Å². The molecule has 0 fully saturated rings. The lowest BCUT2D eigenvalue weighted by molar-refractivity contribution is 0.867. The molecule has 0 aromatic heterocycles. The van der Waals surface area contributed by atoms with Gasteiger partial charge in [-0.15, -0.1) is 0 Å². The predicted molar refractivity (Wildman–Crippen MR) is 112 cm³/mol. The first kappa shape index (κ1) is 19.1. The van der Waals surface area contributed by atoms with Crippen molar-refractivity contribution in [2.75, 3.05) is 17.6 Å². The quantitative estimate of drug-likeness (QED) is 0.477. The van der Waals surface area contributed by atoms with Crippen LogP contribution in [0.5, 0.6) is 0 Å². The Morgan fingerprint density at radius 1 is 1.17 bits per heavy atom. The molecule has 0 atom stereocenters. The summed E-state index contributed by atoms with van der Waals surface area (Å²) in [5.41, 5.74) is 3.60. The van der Waals surface area contributed by atoms with Crippen molar-refractivity contribution >= 4 is 46.4 Å². The van der Waals surface area contributed by atoms with E-state index in [2.05, 4.69) is 54.8 Å². The fraction of sp³-hybridized carbons (Fsp3) is 0.316. The average molecular weight is 379 g/mol. The number of thiocarbonyl (C=S) groups is 1. The number of halogens is 1. The molecule has 0 aliphatic rings. The summed E-state index contributed by atoms with van der Waals surface area (Å²) in [7, 11) is 0. The third-order valence-electron chi connectivity index (χ3n) is 3.52. The maximum atomic E-state index is 5.98. The van der Waals surface area contributed by atoms with Crippen molar-refractivity contribution in [3.63, 3.8) is 0 Å². The zero-order chi connectivity index (χ0) is 17.4. The fourth-order valence-electron chi connectivity index (χ4n) is 2.18. The summed E-state index contributed by atoms with van der Waals surface area (Å²) in [6.45, 7) is 5.21. The topological polar surface area (TPSA) is 24.1 Å². The highest BCUT2D eigenvalue weighted by Crippen LogP contribution is 2.17. The monoisotopic (exact) mass is 378 g/mol. The molecule has 0 amide bonds. The van der Waals surface area contributed by atoms with Crippen LogP contribution < -0.4 is 10.6 Å². The van der Waals surface area contributed by atoms with Crippen molar-refractivity contribution in [1.29, 1.82) is 0 Å². The second-order valence-corrected chi connectivity index (χ2v) is 7.79. The van der Waals surface area contributed by atoms with Crippen LogP contribution in [0, 0.1) is 0 Å². The Balaban J connectivity index is 1.64. The predicted octanol–water partition coefficient (Wildman–Crippen LogP) is 5.68. The van der Waals surface area contributed by atoms with Crippen molar-refractivity contribution in [1.82, 2.24) is 5.32 Å². The van der Waals surface area contributed by atoms with E-state index in [1.807, 2.05) is 30.0 Å². The number of nitrogens with one attached hydrogen (secondary N) is 2. The molecule has 0 spiro atoms. The molecule has 0 unspecified atom stereocenters. The Morgan fingerprint density at radius 3 is 2.58 bits per heavy atom. The maximum Gasteiger partial charge on any atom is 0.170 e. The van der Waals surface area contributed by atoms with Gasteiger partial charge in [0.1, 0.15) is 0 Å². The summed E-state index contributed by atoms with van der Waals surface area (Å²) in [6, 6.07) is 16.4. The highest BCUT2D eigenvalue weighted by molar-refractivity contribution is 7.98. The van der Waals surface area contributed by atoms with Gasteiger partial charge < -0.3 is 10.6 Å². The van der Waals surface area contributed by atoms with E-state index >= 15 is 0 Å². The highest BCUT2D eigenvalue weighted by Gasteiger charge is 2.01. The number of benzene rings is 2. The Hall–Kier alpha value is -1.23. The van der Waals surface area contributed by atoms with E-state index in [0.717, 1.165) is 28.8 Å². The number of rotatable bonds is 7. The lowest BCUT2D eigenvalue weighted by Crippen LogP contribution is -2.30. The van der Waals surface area contributed by atoms with Crippen LogP contribution in [0.1, 0.15) is 30.9 Å². The summed E-state index contributed by atoms with van der Waals surface area (Å²) >= 11 is 13.2. The van der Waals surface area contributed by atoms with Gasteiger partial charge in [-0.05, 0) is 53.5 Å². The molecule has 2 nitrogen and oxygen atoms in total. The van der Waals surface area contributed by atoms with Gasteiger partial charge in [-0.1, -0.05) is 49.7 Å². The molecule has 128 valence electrons. The number of hydrogen-bond acceptors (Lipinski definition) is 2. The van der Waals surface area contributed by atoms with Crippen LogP contribution in [0.4, 0.5) is 5.69 Å². The van der Waals surface area contributed by atoms with Crippen LogP contribution in [0.2, 0.25) is 5.02 Å².